The molecule has 0 saturated heterocycles. The lowest BCUT2D eigenvalue weighted by Gasteiger charge is -2.22. The molecule has 0 aromatic heterocycles. The van der Waals surface area contributed by atoms with E-state index < -0.39 is 11.6 Å². The third-order valence-corrected chi connectivity index (χ3v) is 3.81. The highest BCUT2D eigenvalue weighted by Crippen LogP contribution is 2.42. The van der Waals surface area contributed by atoms with Crippen molar-refractivity contribution in [1.82, 2.24) is 0 Å². The predicted octanol–water partition coefficient (Wildman–Crippen LogP) is 2.38. The van der Waals surface area contributed by atoms with Crippen LogP contribution in [0.2, 0.25) is 0 Å². The first-order valence-corrected chi connectivity index (χ1v) is 6.18. The number of rotatable bonds is 2. The first kappa shape index (κ1) is 11.2. The van der Waals surface area contributed by atoms with Crippen LogP contribution < -0.4 is 0 Å². The summed E-state index contributed by atoms with van der Waals surface area (Å²) in [5, 5.41) is 15.4. The van der Waals surface area contributed by atoms with Gasteiger partial charge in [-0.05, 0) is 25.7 Å². The second-order valence-electron chi connectivity index (χ2n) is 4.89. The van der Waals surface area contributed by atoms with Crippen LogP contribution in [0.15, 0.2) is 35.5 Å². The first-order chi connectivity index (χ1) is 8.73. The molecule has 1 aromatic carbocycles. The van der Waals surface area contributed by atoms with Gasteiger partial charge in [-0.3, -0.25) is 10.1 Å². The lowest BCUT2D eigenvalue weighted by Crippen LogP contribution is -2.46. The molecule has 0 amide bonds. The van der Waals surface area contributed by atoms with Crippen molar-refractivity contribution in [1.29, 1.82) is 0 Å². The van der Waals surface area contributed by atoms with Crippen LogP contribution in [0, 0.1) is 10.1 Å². The van der Waals surface area contributed by atoms with E-state index in [1.54, 1.807) is 0 Å². The van der Waals surface area contributed by atoms with E-state index in [0.717, 1.165) is 31.2 Å². The van der Waals surface area contributed by atoms with Crippen molar-refractivity contribution >= 4 is 5.71 Å². The molecule has 1 aromatic rings. The summed E-state index contributed by atoms with van der Waals surface area (Å²) in [4.78, 5) is 16.6. The van der Waals surface area contributed by atoms with Gasteiger partial charge in [-0.2, -0.15) is 0 Å². The van der Waals surface area contributed by atoms with E-state index in [1.807, 2.05) is 30.3 Å². The van der Waals surface area contributed by atoms with Crippen LogP contribution in [0.1, 0.15) is 31.2 Å². The zero-order chi connectivity index (χ0) is 12.6. The van der Waals surface area contributed by atoms with Gasteiger partial charge in [0.15, 0.2) is 5.71 Å². The molecule has 1 spiro atoms. The summed E-state index contributed by atoms with van der Waals surface area (Å²) < 4.78 is 0. The Morgan fingerprint density at radius 3 is 2.56 bits per heavy atom. The van der Waals surface area contributed by atoms with E-state index in [0.29, 0.717) is 5.71 Å². The molecule has 5 nitrogen and oxygen atoms in total. The minimum Gasteiger partial charge on any atom is -0.381 e. The number of nitro groups is 1. The highest BCUT2D eigenvalue weighted by molar-refractivity contribution is 6.05. The highest BCUT2D eigenvalue weighted by atomic mass is 16.7. The van der Waals surface area contributed by atoms with Crippen LogP contribution in [0.3, 0.4) is 0 Å². The second-order valence-corrected chi connectivity index (χ2v) is 4.89. The number of benzene rings is 1. The van der Waals surface area contributed by atoms with Crippen molar-refractivity contribution in [3.63, 3.8) is 0 Å². The number of hydrogen-bond donors (Lipinski definition) is 0. The molecule has 1 unspecified atom stereocenters. The number of oxime groups is 1. The Bertz CT molecular complexity index is 492. The summed E-state index contributed by atoms with van der Waals surface area (Å²) in [6.45, 7) is 0. The van der Waals surface area contributed by atoms with Crippen LogP contribution in [0.25, 0.3) is 0 Å². The molecule has 5 heteroatoms. The van der Waals surface area contributed by atoms with Crippen LogP contribution >= 0.6 is 0 Å². The van der Waals surface area contributed by atoms with Gasteiger partial charge in [0.05, 0.1) is 0 Å². The van der Waals surface area contributed by atoms with Crippen LogP contribution in [-0.2, 0) is 4.84 Å². The average molecular weight is 246 g/mol. The zero-order valence-electron chi connectivity index (χ0n) is 9.91. The van der Waals surface area contributed by atoms with E-state index in [9.17, 15) is 10.1 Å². The van der Waals surface area contributed by atoms with Gasteiger partial charge in [-0.25, -0.2) is 0 Å². The van der Waals surface area contributed by atoms with E-state index in [1.165, 1.54) is 0 Å². The Kier molecular flexibility index (Phi) is 2.54. The number of hydrogen-bond acceptors (Lipinski definition) is 4. The fourth-order valence-electron chi connectivity index (χ4n) is 2.94. The lowest BCUT2D eigenvalue weighted by molar-refractivity contribution is -0.521. The SMILES string of the molecule is O=[N+]([O-])C1C(c2ccccc2)=NOC12CCCC2. The molecule has 0 radical (unpaired) electrons. The minimum atomic E-state index is -0.831. The van der Waals surface area contributed by atoms with Gasteiger partial charge in [0.1, 0.15) is 0 Å². The van der Waals surface area contributed by atoms with Crippen molar-refractivity contribution < 1.29 is 9.76 Å². The fraction of sp³-hybridized carbons (Fsp3) is 0.462. The fourth-order valence-corrected chi connectivity index (χ4v) is 2.94. The van der Waals surface area contributed by atoms with E-state index >= 15 is 0 Å². The minimum absolute atomic E-state index is 0.246. The maximum absolute atomic E-state index is 11.4. The van der Waals surface area contributed by atoms with Gasteiger partial charge in [-0.15, -0.1) is 0 Å². The standard InChI is InChI=1S/C13H14N2O3/c16-15(17)12-11(10-6-2-1-3-7-10)14-18-13(12)8-4-5-9-13/h1-3,6-7,12H,4-5,8-9H2. The molecule has 1 aliphatic carbocycles. The molecular weight excluding hydrogens is 232 g/mol. The highest BCUT2D eigenvalue weighted by Gasteiger charge is 2.58. The van der Waals surface area contributed by atoms with Crippen LogP contribution in [0.5, 0.6) is 0 Å². The molecule has 1 saturated carbocycles. The summed E-state index contributed by atoms with van der Waals surface area (Å²) in [7, 11) is 0. The van der Waals surface area contributed by atoms with Crippen molar-refractivity contribution in [2.24, 2.45) is 5.16 Å². The van der Waals surface area contributed by atoms with Gasteiger partial charge in [-0.1, -0.05) is 35.5 Å². The summed E-state index contributed by atoms with van der Waals surface area (Å²) in [6, 6.07) is 8.44. The molecule has 2 aliphatic rings. The Morgan fingerprint density at radius 2 is 1.94 bits per heavy atom. The maximum atomic E-state index is 11.4. The van der Waals surface area contributed by atoms with E-state index in [-0.39, 0.29) is 4.92 Å². The van der Waals surface area contributed by atoms with Gasteiger partial charge in [0.25, 0.3) is 6.04 Å². The van der Waals surface area contributed by atoms with Crippen molar-refractivity contribution in [3.8, 4) is 0 Å². The van der Waals surface area contributed by atoms with Gasteiger partial charge >= 0.3 is 0 Å². The molecule has 1 aliphatic heterocycles. The third kappa shape index (κ3) is 1.58. The zero-order valence-corrected chi connectivity index (χ0v) is 9.91. The van der Waals surface area contributed by atoms with Crippen molar-refractivity contribution in [2.45, 2.75) is 37.3 Å². The predicted molar refractivity (Wildman–Crippen MR) is 66.0 cm³/mol. The van der Waals surface area contributed by atoms with Crippen molar-refractivity contribution in [2.75, 3.05) is 0 Å². The summed E-state index contributed by atoms with van der Waals surface area (Å²) in [5.41, 5.74) is 0.541. The quantitative estimate of drug-likeness (QED) is 0.594. The molecule has 1 atom stereocenters. The molecule has 1 heterocycles. The monoisotopic (exact) mass is 246 g/mol. The first-order valence-electron chi connectivity index (χ1n) is 6.18. The maximum Gasteiger partial charge on any atom is 0.299 e. The lowest BCUT2D eigenvalue weighted by atomic mass is 9.87. The molecule has 0 bridgehead atoms. The molecule has 94 valence electrons. The van der Waals surface area contributed by atoms with E-state index in [4.69, 9.17) is 4.84 Å². The summed E-state index contributed by atoms with van der Waals surface area (Å²) in [5.74, 6) is 0. The Balaban J connectivity index is 1.99. The number of nitrogens with zero attached hydrogens (tertiary/aromatic N) is 2. The Hall–Kier alpha value is -1.91. The van der Waals surface area contributed by atoms with E-state index in [2.05, 4.69) is 5.16 Å². The Labute approximate surface area is 105 Å². The van der Waals surface area contributed by atoms with Gasteiger partial charge in [0, 0.05) is 10.5 Å². The average Bonchev–Trinajstić information content (AvgIpc) is 2.99. The smallest absolute Gasteiger partial charge is 0.299 e. The second kappa shape index (κ2) is 4.08. The molecule has 3 rings (SSSR count). The summed E-state index contributed by atoms with van der Waals surface area (Å²) >= 11 is 0. The Morgan fingerprint density at radius 1 is 1.28 bits per heavy atom. The van der Waals surface area contributed by atoms with Crippen molar-refractivity contribution in [3.05, 3.63) is 46.0 Å². The molecule has 1 fully saturated rings. The topological polar surface area (TPSA) is 64.7 Å². The van der Waals surface area contributed by atoms with Gasteiger partial charge < -0.3 is 4.84 Å². The molecule has 0 N–H and O–H groups in total. The molecule has 18 heavy (non-hydrogen) atoms. The normalized spacial score (nSPS) is 24.9. The van der Waals surface area contributed by atoms with Crippen LogP contribution in [0.4, 0.5) is 0 Å². The largest absolute Gasteiger partial charge is 0.381 e. The van der Waals surface area contributed by atoms with Gasteiger partial charge in [0.2, 0.25) is 5.60 Å². The van der Waals surface area contributed by atoms with Crippen LogP contribution in [-0.4, -0.2) is 22.3 Å². The third-order valence-electron chi connectivity index (χ3n) is 3.81. The summed E-state index contributed by atoms with van der Waals surface area (Å²) in [6.07, 6.45) is 3.39. The molecular formula is C13H14N2O3.